The summed E-state index contributed by atoms with van der Waals surface area (Å²) >= 11 is 0. The van der Waals surface area contributed by atoms with E-state index in [9.17, 15) is 14.7 Å². The zero-order valence-corrected chi connectivity index (χ0v) is 13.0. The topological polar surface area (TPSA) is 96.2 Å². The molecule has 7 nitrogen and oxygen atoms in total. The lowest BCUT2D eigenvalue weighted by Crippen LogP contribution is -2.31. The van der Waals surface area contributed by atoms with Gasteiger partial charge in [-0.05, 0) is 26.7 Å². The van der Waals surface area contributed by atoms with Gasteiger partial charge in [0.1, 0.15) is 5.82 Å². The predicted molar refractivity (Wildman–Crippen MR) is 80.7 cm³/mol. The van der Waals surface area contributed by atoms with Crippen LogP contribution in [-0.4, -0.2) is 26.9 Å². The van der Waals surface area contributed by atoms with Crippen molar-refractivity contribution in [3.8, 4) is 0 Å². The molecule has 0 spiro atoms. The minimum Gasteiger partial charge on any atom is -0.463 e. The number of nitrogens with one attached hydrogen (secondary N) is 2. The van der Waals surface area contributed by atoms with E-state index in [0.717, 1.165) is 35.9 Å². The van der Waals surface area contributed by atoms with Crippen LogP contribution in [0.4, 0.5) is 10.6 Å². The zero-order chi connectivity index (χ0) is 15.9. The highest BCUT2D eigenvalue weighted by atomic mass is 16.4. The second kappa shape index (κ2) is 5.39. The molecule has 0 aromatic carbocycles. The van der Waals surface area contributed by atoms with Crippen molar-refractivity contribution >= 4 is 17.8 Å². The first-order chi connectivity index (χ1) is 10.4. The first-order valence-electron chi connectivity index (χ1n) is 7.81. The first-order valence-corrected chi connectivity index (χ1v) is 7.81. The number of amides is 1. The van der Waals surface area contributed by atoms with Crippen molar-refractivity contribution in [3.63, 3.8) is 0 Å². The molecule has 22 heavy (non-hydrogen) atoms. The molecule has 0 radical (unpaired) electrons. The number of hydrogen-bond acceptors (Lipinski definition) is 4. The molecule has 3 N–H and O–H groups in total. The Bertz CT molecular complexity index is 615. The van der Waals surface area contributed by atoms with Crippen LogP contribution >= 0.6 is 0 Å². The van der Waals surface area contributed by atoms with E-state index in [2.05, 4.69) is 15.7 Å². The van der Waals surface area contributed by atoms with E-state index in [0.29, 0.717) is 18.1 Å². The van der Waals surface area contributed by atoms with Crippen LogP contribution in [0, 0.1) is 5.92 Å². The minimum absolute atomic E-state index is 0.0242. The predicted octanol–water partition coefficient (Wildman–Crippen LogP) is 2.27. The molecule has 120 valence electrons. The van der Waals surface area contributed by atoms with Gasteiger partial charge in [0.25, 0.3) is 0 Å². The molecule has 1 fully saturated rings. The molecule has 2 heterocycles. The van der Waals surface area contributed by atoms with Crippen molar-refractivity contribution in [1.29, 1.82) is 0 Å². The van der Waals surface area contributed by atoms with Gasteiger partial charge in [-0.15, -0.1) is 4.68 Å². The highest BCUT2D eigenvalue weighted by molar-refractivity contribution is 5.94. The fourth-order valence-electron chi connectivity index (χ4n) is 3.36. The van der Waals surface area contributed by atoms with Crippen LogP contribution in [0.2, 0.25) is 0 Å². The third-order valence-corrected chi connectivity index (χ3v) is 4.68. The number of fused-ring (bicyclic) bond motifs is 1. The van der Waals surface area contributed by atoms with Gasteiger partial charge in [0.05, 0.1) is 11.2 Å². The summed E-state index contributed by atoms with van der Waals surface area (Å²) in [6.07, 6.45) is 3.86. The summed E-state index contributed by atoms with van der Waals surface area (Å²) in [5.74, 6) is 0.190. The fourth-order valence-corrected chi connectivity index (χ4v) is 3.36. The van der Waals surface area contributed by atoms with Crippen LogP contribution in [0.1, 0.15) is 57.2 Å². The Labute approximate surface area is 129 Å². The molecule has 1 saturated carbocycles. The number of nitrogens with zero attached hydrogens (tertiary/aromatic N) is 2. The van der Waals surface area contributed by atoms with Gasteiger partial charge in [-0.25, -0.2) is 4.79 Å². The smallest absolute Gasteiger partial charge is 0.434 e. The van der Waals surface area contributed by atoms with Crippen molar-refractivity contribution in [2.24, 2.45) is 5.92 Å². The molecule has 1 aromatic rings. The SMILES string of the molecule is CC1(C)NCc2c1nn(C(=O)O)c2NC(=O)C1CCCCC1. The highest BCUT2D eigenvalue weighted by Crippen LogP contribution is 2.35. The molecule has 7 heteroatoms. The summed E-state index contributed by atoms with van der Waals surface area (Å²) < 4.78 is 0.897. The molecule has 1 aliphatic heterocycles. The summed E-state index contributed by atoms with van der Waals surface area (Å²) in [4.78, 5) is 23.9. The number of hydrogen-bond donors (Lipinski definition) is 3. The third-order valence-electron chi connectivity index (χ3n) is 4.68. The first kappa shape index (κ1) is 15.0. The standard InChI is InChI=1S/C15H22N4O3/c1-15(2)11-10(8-16-15)12(19(18-11)14(21)22)17-13(20)9-6-4-3-5-7-9/h9,16H,3-8H2,1-2H3,(H,17,20)(H,21,22). The van der Waals surface area contributed by atoms with Crippen molar-refractivity contribution in [2.75, 3.05) is 5.32 Å². The Morgan fingerprint density at radius 1 is 1.32 bits per heavy atom. The normalized spacial score (nSPS) is 20.6. The van der Waals surface area contributed by atoms with E-state index >= 15 is 0 Å². The molecule has 1 aromatic heterocycles. The van der Waals surface area contributed by atoms with Crippen molar-refractivity contribution < 1.29 is 14.7 Å². The Morgan fingerprint density at radius 3 is 2.64 bits per heavy atom. The maximum atomic E-state index is 12.4. The average molecular weight is 306 g/mol. The Hall–Kier alpha value is -1.89. The van der Waals surface area contributed by atoms with Crippen LogP contribution < -0.4 is 10.6 Å². The van der Waals surface area contributed by atoms with E-state index < -0.39 is 6.09 Å². The van der Waals surface area contributed by atoms with E-state index in [-0.39, 0.29) is 17.4 Å². The second-order valence-electron chi connectivity index (χ2n) is 6.67. The van der Waals surface area contributed by atoms with Crippen LogP contribution in [0.3, 0.4) is 0 Å². The number of rotatable bonds is 2. The largest absolute Gasteiger partial charge is 0.463 e. The fraction of sp³-hybridized carbons (Fsp3) is 0.667. The van der Waals surface area contributed by atoms with Crippen LogP contribution in [0.15, 0.2) is 0 Å². The lowest BCUT2D eigenvalue weighted by Gasteiger charge is -2.21. The van der Waals surface area contributed by atoms with Crippen LogP contribution in [-0.2, 0) is 16.9 Å². The van der Waals surface area contributed by atoms with Gasteiger partial charge in [0.2, 0.25) is 5.91 Å². The number of carbonyl (C=O) groups excluding carboxylic acids is 1. The van der Waals surface area contributed by atoms with E-state index in [4.69, 9.17) is 0 Å². The summed E-state index contributed by atoms with van der Waals surface area (Å²) in [5, 5.41) is 19.6. The van der Waals surface area contributed by atoms with Gasteiger partial charge in [-0.2, -0.15) is 5.10 Å². The molecule has 1 aliphatic carbocycles. The van der Waals surface area contributed by atoms with Gasteiger partial charge < -0.3 is 15.7 Å². The number of carboxylic acid groups (broad SMARTS) is 1. The molecule has 0 bridgehead atoms. The number of anilines is 1. The molecule has 1 amide bonds. The van der Waals surface area contributed by atoms with Gasteiger partial charge in [-0.3, -0.25) is 4.79 Å². The summed E-state index contributed by atoms with van der Waals surface area (Å²) in [7, 11) is 0. The second-order valence-corrected chi connectivity index (χ2v) is 6.67. The Morgan fingerprint density at radius 2 is 2.00 bits per heavy atom. The van der Waals surface area contributed by atoms with Crippen molar-refractivity contribution in [3.05, 3.63) is 11.3 Å². The molecule has 0 saturated heterocycles. The Kier molecular flexibility index (Phi) is 3.68. The van der Waals surface area contributed by atoms with E-state index in [1.54, 1.807) is 0 Å². The molecular formula is C15H22N4O3. The van der Waals surface area contributed by atoms with Crippen LogP contribution in [0.25, 0.3) is 0 Å². The molecule has 0 unspecified atom stereocenters. The number of carbonyl (C=O) groups is 2. The summed E-state index contributed by atoms with van der Waals surface area (Å²) in [6.45, 7) is 4.41. The monoisotopic (exact) mass is 306 g/mol. The summed E-state index contributed by atoms with van der Waals surface area (Å²) in [5.41, 5.74) is 1.07. The highest BCUT2D eigenvalue weighted by Gasteiger charge is 2.38. The van der Waals surface area contributed by atoms with E-state index in [1.165, 1.54) is 6.42 Å². The van der Waals surface area contributed by atoms with Crippen LogP contribution in [0.5, 0.6) is 0 Å². The average Bonchev–Trinajstić information content (AvgIpc) is 2.99. The van der Waals surface area contributed by atoms with Gasteiger partial charge in [0.15, 0.2) is 0 Å². The minimum atomic E-state index is -1.18. The maximum Gasteiger partial charge on any atom is 0.434 e. The maximum absolute atomic E-state index is 12.4. The lowest BCUT2D eigenvalue weighted by atomic mass is 9.88. The van der Waals surface area contributed by atoms with E-state index in [1.807, 2.05) is 13.8 Å². The van der Waals surface area contributed by atoms with Gasteiger partial charge in [0, 0.05) is 18.0 Å². The van der Waals surface area contributed by atoms with Crippen molar-refractivity contribution in [1.82, 2.24) is 15.1 Å². The number of aromatic nitrogens is 2. The lowest BCUT2D eigenvalue weighted by molar-refractivity contribution is -0.120. The van der Waals surface area contributed by atoms with Gasteiger partial charge >= 0.3 is 6.09 Å². The zero-order valence-electron chi connectivity index (χ0n) is 13.0. The molecular weight excluding hydrogens is 284 g/mol. The molecule has 0 atom stereocenters. The third kappa shape index (κ3) is 2.49. The quantitative estimate of drug-likeness (QED) is 0.779. The summed E-state index contributed by atoms with van der Waals surface area (Å²) in [6, 6.07) is 0. The molecule has 2 aliphatic rings. The molecule has 3 rings (SSSR count). The van der Waals surface area contributed by atoms with Gasteiger partial charge in [-0.1, -0.05) is 19.3 Å². The van der Waals surface area contributed by atoms with Crippen molar-refractivity contribution in [2.45, 2.75) is 58.0 Å². The Balaban J connectivity index is 1.89.